The summed E-state index contributed by atoms with van der Waals surface area (Å²) in [5, 5.41) is 3.05. The number of nitrogens with one attached hydrogen (secondary N) is 1. The first-order valence-electron chi connectivity index (χ1n) is 8.43. The molecule has 2 aliphatic heterocycles. The molecule has 1 N–H and O–H groups in total. The SMILES string of the molecule is O=C(N[C@H]1COc2ccccc21)N1CC=C(c2ccc(F)cc2)CC1. The van der Waals surface area contributed by atoms with E-state index in [9.17, 15) is 9.18 Å². The summed E-state index contributed by atoms with van der Waals surface area (Å²) in [6.07, 6.45) is 2.80. The molecule has 2 aliphatic rings. The van der Waals surface area contributed by atoms with Crippen LogP contribution in [0, 0.1) is 5.82 Å². The van der Waals surface area contributed by atoms with E-state index in [0.29, 0.717) is 19.7 Å². The van der Waals surface area contributed by atoms with Crippen LogP contribution in [-0.4, -0.2) is 30.6 Å². The number of benzene rings is 2. The minimum atomic E-state index is -0.236. The van der Waals surface area contributed by atoms with Gasteiger partial charge in [0, 0.05) is 18.7 Å². The van der Waals surface area contributed by atoms with Crippen molar-refractivity contribution in [3.8, 4) is 5.75 Å². The number of nitrogens with zero attached hydrogens (tertiary/aromatic N) is 1. The lowest BCUT2D eigenvalue weighted by Crippen LogP contribution is -2.43. The van der Waals surface area contributed by atoms with Crippen LogP contribution in [0.4, 0.5) is 9.18 Å². The van der Waals surface area contributed by atoms with E-state index >= 15 is 0 Å². The number of hydrogen-bond donors (Lipinski definition) is 1. The molecular weight excluding hydrogens is 319 g/mol. The van der Waals surface area contributed by atoms with Crippen molar-refractivity contribution in [2.75, 3.05) is 19.7 Å². The van der Waals surface area contributed by atoms with E-state index in [4.69, 9.17) is 4.74 Å². The zero-order chi connectivity index (χ0) is 17.2. The monoisotopic (exact) mass is 338 g/mol. The minimum Gasteiger partial charge on any atom is -0.491 e. The highest BCUT2D eigenvalue weighted by Crippen LogP contribution is 2.32. The zero-order valence-electron chi connectivity index (χ0n) is 13.7. The Morgan fingerprint density at radius 2 is 1.96 bits per heavy atom. The van der Waals surface area contributed by atoms with E-state index in [-0.39, 0.29) is 17.9 Å². The molecule has 0 unspecified atom stereocenters. The Bertz CT molecular complexity index is 817. The molecule has 0 spiro atoms. The van der Waals surface area contributed by atoms with Gasteiger partial charge in [-0.2, -0.15) is 0 Å². The molecular formula is C20H19FN2O2. The summed E-state index contributed by atoms with van der Waals surface area (Å²) in [6, 6.07) is 14.1. The molecule has 0 aliphatic carbocycles. The molecule has 128 valence electrons. The second-order valence-corrected chi connectivity index (χ2v) is 6.28. The van der Waals surface area contributed by atoms with Crippen LogP contribution in [0.2, 0.25) is 0 Å². The third-order valence-electron chi connectivity index (χ3n) is 4.71. The third-order valence-corrected chi connectivity index (χ3v) is 4.71. The molecule has 4 rings (SSSR count). The summed E-state index contributed by atoms with van der Waals surface area (Å²) in [5.74, 6) is 0.602. The van der Waals surface area contributed by atoms with Crippen LogP contribution in [0.5, 0.6) is 5.75 Å². The van der Waals surface area contributed by atoms with Gasteiger partial charge in [0.15, 0.2) is 0 Å². The standard InChI is InChI=1S/C20H19FN2O2/c21-16-7-5-14(6-8-16)15-9-11-23(12-10-15)20(24)22-18-13-25-19-4-2-1-3-17(18)19/h1-9,18H,10-13H2,(H,22,24)/t18-/m0/s1. The van der Waals surface area contributed by atoms with Gasteiger partial charge in [-0.05, 0) is 35.8 Å². The molecule has 0 radical (unpaired) electrons. The van der Waals surface area contributed by atoms with Gasteiger partial charge in [0.05, 0.1) is 6.04 Å². The van der Waals surface area contributed by atoms with Crippen molar-refractivity contribution in [2.45, 2.75) is 12.5 Å². The maximum Gasteiger partial charge on any atom is 0.318 e. The van der Waals surface area contributed by atoms with E-state index in [1.807, 2.05) is 30.3 Å². The number of carbonyl (C=O) groups is 1. The molecule has 2 heterocycles. The van der Waals surface area contributed by atoms with Crippen molar-refractivity contribution in [1.82, 2.24) is 10.2 Å². The van der Waals surface area contributed by atoms with Gasteiger partial charge in [-0.1, -0.05) is 36.4 Å². The minimum absolute atomic E-state index is 0.0836. The van der Waals surface area contributed by atoms with E-state index in [2.05, 4.69) is 5.32 Å². The third kappa shape index (κ3) is 3.22. The van der Waals surface area contributed by atoms with Gasteiger partial charge in [-0.3, -0.25) is 0 Å². The number of halogens is 1. The number of urea groups is 1. The molecule has 25 heavy (non-hydrogen) atoms. The first kappa shape index (κ1) is 15.7. The topological polar surface area (TPSA) is 41.6 Å². The van der Waals surface area contributed by atoms with Gasteiger partial charge in [-0.15, -0.1) is 0 Å². The molecule has 5 heteroatoms. The summed E-state index contributed by atoms with van der Waals surface area (Å²) >= 11 is 0. The normalized spacial score (nSPS) is 19.0. The van der Waals surface area contributed by atoms with Gasteiger partial charge < -0.3 is 15.0 Å². The Morgan fingerprint density at radius 1 is 1.16 bits per heavy atom. The highest BCUT2D eigenvalue weighted by Gasteiger charge is 2.27. The predicted octanol–water partition coefficient (Wildman–Crippen LogP) is 3.76. The van der Waals surface area contributed by atoms with Gasteiger partial charge in [0.25, 0.3) is 0 Å². The van der Waals surface area contributed by atoms with Crippen LogP contribution < -0.4 is 10.1 Å². The Labute approximate surface area is 145 Å². The summed E-state index contributed by atoms with van der Waals surface area (Å²) in [6.45, 7) is 1.66. The maximum absolute atomic E-state index is 13.0. The molecule has 0 aromatic heterocycles. The number of ether oxygens (including phenoxy) is 1. The number of carbonyl (C=O) groups excluding carboxylic acids is 1. The Morgan fingerprint density at radius 3 is 2.72 bits per heavy atom. The smallest absolute Gasteiger partial charge is 0.318 e. The fourth-order valence-corrected chi connectivity index (χ4v) is 3.30. The van der Waals surface area contributed by atoms with Crippen LogP contribution >= 0.6 is 0 Å². The van der Waals surface area contributed by atoms with E-state index < -0.39 is 0 Å². The second kappa shape index (κ2) is 6.59. The fraction of sp³-hybridized carbons (Fsp3) is 0.250. The molecule has 4 nitrogen and oxygen atoms in total. The Balaban J connectivity index is 1.39. The molecule has 2 amide bonds. The number of hydrogen-bond acceptors (Lipinski definition) is 2. The number of fused-ring (bicyclic) bond motifs is 1. The second-order valence-electron chi connectivity index (χ2n) is 6.28. The maximum atomic E-state index is 13.0. The lowest BCUT2D eigenvalue weighted by molar-refractivity contribution is 0.195. The average Bonchev–Trinajstić information content (AvgIpc) is 3.06. The molecule has 1 atom stereocenters. The number of para-hydroxylation sites is 1. The zero-order valence-corrected chi connectivity index (χ0v) is 13.7. The average molecular weight is 338 g/mol. The summed E-state index contributed by atoms with van der Waals surface area (Å²) in [7, 11) is 0. The summed E-state index contributed by atoms with van der Waals surface area (Å²) < 4.78 is 18.6. The molecule has 0 saturated heterocycles. The van der Waals surface area contributed by atoms with Crippen molar-refractivity contribution < 1.29 is 13.9 Å². The first-order valence-corrected chi connectivity index (χ1v) is 8.43. The van der Waals surface area contributed by atoms with E-state index in [1.54, 1.807) is 17.0 Å². The van der Waals surface area contributed by atoms with Crippen molar-refractivity contribution in [3.63, 3.8) is 0 Å². The predicted molar refractivity (Wildman–Crippen MR) is 93.8 cm³/mol. The molecule has 0 saturated carbocycles. The van der Waals surface area contributed by atoms with E-state index in [1.165, 1.54) is 12.1 Å². The van der Waals surface area contributed by atoms with Crippen molar-refractivity contribution in [1.29, 1.82) is 0 Å². The highest BCUT2D eigenvalue weighted by atomic mass is 19.1. The summed E-state index contributed by atoms with van der Waals surface area (Å²) in [4.78, 5) is 14.3. The van der Waals surface area contributed by atoms with Crippen LogP contribution in [-0.2, 0) is 0 Å². The number of amides is 2. The molecule has 2 aromatic carbocycles. The van der Waals surface area contributed by atoms with Crippen LogP contribution in [0.15, 0.2) is 54.6 Å². The van der Waals surface area contributed by atoms with Crippen LogP contribution in [0.3, 0.4) is 0 Å². The van der Waals surface area contributed by atoms with Gasteiger partial charge in [0.2, 0.25) is 0 Å². The van der Waals surface area contributed by atoms with Gasteiger partial charge in [-0.25, -0.2) is 9.18 Å². The number of rotatable bonds is 2. The first-order chi connectivity index (χ1) is 12.2. The Kier molecular flexibility index (Phi) is 4.14. The Hall–Kier alpha value is -2.82. The van der Waals surface area contributed by atoms with Crippen molar-refractivity contribution in [2.24, 2.45) is 0 Å². The van der Waals surface area contributed by atoms with Gasteiger partial charge in [0.1, 0.15) is 18.2 Å². The quantitative estimate of drug-likeness (QED) is 0.906. The molecule has 2 aromatic rings. The fourth-order valence-electron chi connectivity index (χ4n) is 3.30. The molecule has 0 fully saturated rings. The molecule has 0 bridgehead atoms. The van der Waals surface area contributed by atoms with E-state index in [0.717, 1.165) is 28.9 Å². The summed E-state index contributed by atoms with van der Waals surface area (Å²) in [5.41, 5.74) is 3.19. The van der Waals surface area contributed by atoms with Crippen LogP contribution in [0.1, 0.15) is 23.6 Å². The largest absolute Gasteiger partial charge is 0.491 e. The van der Waals surface area contributed by atoms with Gasteiger partial charge >= 0.3 is 6.03 Å². The van der Waals surface area contributed by atoms with Crippen molar-refractivity contribution in [3.05, 3.63) is 71.6 Å². The highest BCUT2D eigenvalue weighted by molar-refractivity contribution is 5.77. The lowest BCUT2D eigenvalue weighted by Gasteiger charge is -2.28. The van der Waals surface area contributed by atoms with Crippen molar-refractivity contribution >= 4 is 11.6 Å². The van der Waals surface area contributed by atoms with Crippen LogP contribution in [0.25, 0.3) is 5.57 Å². The lowest BCUT2D eigenvalue weighted by atomic mass is 9.99.